The molecule has 0 saturated carbocycles. The second kappa shape index (κ2) is 6.47. The standard InChI is InChI=1S/C28H25BO3/c1-27(2,30)28(3,4)32-29-17-12-13-20-21(15-17)19-10-7-8-16-14-22-18-9-5-6-11-23(18)31-26(22)25(20)24(16)19/h5-15,29-30H,1-4H3. The van der Waals surface area contributed by atoms with Gasteiger partial charge in [-0.15, -0.1) is 0 Å². The monoisotopic (exact) mass is 420 g/mol. The summed E-state index contributed by atoms with van der Waals surface area (Å²) in [4.78, 5) is 0. The Balaban J connectivity index is 1.52. The maximum absolute atomic E-state index is 10.4. The zero-order chi connectivity index (χ0) is 22.3. The van der Waals surface area contributed by atoms with Gasteiger partial charge in [-0.3, -0.25) is 0 Å². The Hall–Kier alpha value is -3.08. The second-order valence-electron chi connectivity index (χ2n) is 9.87. The summed E-state index contributed by atoms with van der Waals surface area (Å²) in [6.45, 7) is 7.42. The quantitative estimate of drug-likeness (QED) is 0.360. The van der Waals surface area contributed by atoms with Crippen LogP contribution in [0, 0.1) is 0 Å². The van der Waals surface area contributed by atoms with Gasteiger partial charge in [0.2, 0.25) is 0 Å². The molecule has 0 amide bonds. The third-order valence-electron chi connectivity index (χ3n) is 7.22. The second-order valence-corrected chi connectivity index (χ2v) is 9.87. The maximum atomic E-state index is 10.4. The molecule has 32 heavy (non-hydrogen) atoms. The van der Waals surface area contributed by atoms with E-state index in [-0.39, 0.29) is 0 Å². The van der Waals surface area contributed by atoms with Crippen LogP contribution in [-0.4, -0.2) is 23.8 Å². The van der Waals surface area contributed by atoms with Crippen LogP contribution in [0.15, 0.2) is 71.1 Å². The molecule has 0 unspecified atom stereocenters. The first-order chi connectivity index (χ1) is 15.2. The average Bonchev–Trinajstić information content (AvgIpc) is 3.29. The van der Waals surface area contributed by atoms with E-state index in [0.717, 1.165) is 27.4 Å². The Kier molecular flexibility index (Phi) is 3.96. The molecule has 6 rings (SSSR count). The summed E-state index contributed by atoms with van der Waals surface area (Å²) in [5.41, 5.74) is 6.20. The topological polar surface area (TPSA) is 42.6 Å². The Morgan fingerprint density at radius 3 is 2.44 bits per heavy atom. The van der Waals surface area contributed by atoms with Crippen LogP contribution in [0.4, 0.5) is 0 Å². The predicted octanol–water partition coefficient (Wildman–Crippen LogP) is 5.93. The molecule has 1 N–H and O–H groups in total. The largest absolute Gasteiger partial charge is 0.455 e. The lowest BCUT2D eigenvalue weighted by Gasteiger charge is -2.37. The van der Waals surface area contributed by atoms with Gasteiger partial charge in [0.15, 0.2) is 0 Å². The van der Waals surface area contributed by atoms with Crippen LogP contribution in [0.3, 0.4) is 0 Å². The fourth-order valence-corrected chi connectivity index (χ4v) is 4.68. The predicted molar refractivity (Wildman–Crippen MR) is 134 cm³/mol. The molecule has 4 heteroatoms. The molecular weight excluding hydrogens is 395 g/mol. The summed E-state index contributed by atoms with van der Waals surface area (Å²) in [7, 11) is 0.441. The van der Waals surface area contributed by atoms with Crippen molar-refractivity contribution in [1.29, 1.82) is 0 Å². The highest BCUT2D eigenvalue weighted by atomic mass is 16.5. The van der Waals surface area contributed by atoms with Gasteiger partial charge in [0.05, 0.1) is 11.2 Å². The third-order valence-corrected chi connectivity index (χ3v) is 7.22. The molecule has 0 radical (unpaired) electrons. The molecule has 158 valence electrons. The molecule has 1 heterocycles. The molecule has 0 bridgehead atoms. The minimum Gasteiger partial charge on any atom is -0.455 e. The summed E-state index contributed by atoms with van der Waals surface area (Å²) in [5, 5.41) is 15.2. The SMILES string of the molecule is CC(C)(O)C(C)(C)OBc1ccc2c(c1)-c1cccc3cc4c(oc5ccccc54)c-2c13. The summed E-state index contributed by atoms with van der Waals surface area (Å²) >= 11 is 0. The van der Waals surface area contributed by atoms with E-state index < -0.39 is 11.2 Å². The molecule has 4 aromatic carbocycles. The number of fused-ring (bicyclic) bond motifs is 7. The van der Waals surface area contributed by atoms with Crippen LogP contribution in [-0.2, 0) is 4.65 Å². The molecule has 1 aromatic heterocycles. The summed E-state index contributed by atoms with van der Waals surface area (Å²) < 4.78 is 12.5. The van der Waals surface area contributed by atoms with Gasteiger partial charge < -0.3 is 14.2 Å². The van der Waals surface area contributed by atoms with Crippen LogP contribution in [0.1, 0.15) is 27.7 Å². The van der Waals surface area contributed by atoms with Crippen molar-refractivity contribution in [1.82, 2.24) is 0 Å². The number of para-hydroxylation sites is 1. The van der Waals surface area contributed by atoms with Gasteiger partial charge in [-0.25, -0.2) is 0 Å². The zero-order valence-electron chi connectivity index (χ0n) is 18.8. The van der Waals surface area contributed by atoms with Crippen LogP contribution < -0.4 is 5.46 Å². The lowest BCUT2D eigenvalue weighted by molar-refractivity contribution is -0.0893. The van der Waals surface area contributed by atoms with Gasteiger partial charge in [0.1, 0.15) is 11.2 Å². The van der Waals surface area contributed by atoms with Crippen molar-refractivity contribution in [2.45, 2.75) is 38.9 Å². The Morgan fingerprint density at radius 1 is 0.812 bits per heavy atom. The fourth-order valence-electron chi connectivity index (χ4n) is 4.68. The smallest absolute Gasteiger partial charge is 0.309 e. The highest BCUT2D eigenvalue weighted by Crippen LogP contribution is 2.51. The molecule has 0 fully saturated rings. The van der Waals surface area contributed by atoms with Crippen molar-refractivity contribution in [3.63, 3.8) is 0 Å². The van der Waals surface area contributed by atoms with Crippen molar-refractivity contribution in [3.05, 3.63) is 66.7 Å². The van der Waals surface area contributed by atoms with Gasteiger partial charge in [-0.1, -0.05) is 60.1 Å². The Bertz CT molecular complexity index is 1540. The lowest BCUT2D eigenvalue weighted by atomic mass is 9.81. The minimum absolute atomic E-state index is 0.441. The number of hydrogen-bond acceptors (Lipinski definition) is 3. The fraction of sp³-hybridized carbons (Fsp3) is 0.214. The number of rotatable bonds is 4. The maximum Gasteiger partial charge on any atom is 0.309 e. The number of aliphatic hydroxyl groups is 1. The summed E-state index contributed by atoms with van der Waals surface area (Å²) in [6, 6.07) is 23.5. The van der Waals surface area contributed by atoms with Gasteiger partial charge in [0.25, 0.3) is 0 Å². The van der Waals surface area contributed by atoms with E-state index in [2.05, 4.69) is 54.6 Å². The Morgan fingerprint density at radius 2 is 1.62 bits per heavy atom. The van der Waals surface area contributed by atoms with Gasteiger partial charge in [0, 0.05) is 21.7 Å². The molecule has 0 aliphatic heterocycles. The van der Waals surface area contributed by atoms with E-state index in [1.807, 2.05) is 26.0 Å². The normalized spacial score (nSPS) is 13.3. The van der Waals surface area contributed by atoms with E-state index >= 15 is 0 Å². The van der Waals surface area contributed by atoms with E-state index in [0.29, 0.717) is 7.48 Å². The molecule has 0 spiro atoms. The van der Waals surface area contributed by atoms with Gasteiger partial charge in [-0.2, -0.15) is 0 Å². The first kappa shape index (κ1) is 19.6. The molecule has 0 saturated heterocycles. The molecule has 1 aliphatic carbocycles. The number of furan rings is 1. The molecule has 5 aromatic rings. The van der Waals surface area contributed by atoms with Crippen LogP contribution in [0.5, 0.6) is 0 Å². The van der Waals surface area contributed by atoms with Crippen molar-refractivity contribution in [3.8, 4) is 22.3 Å². The average molecular weight is 420 g/mol. The van der Waals surface area contributed by atoms with Crippen LogP contribution >= 0.6 is 0 Å². The number of benzene rings is 4. The van der Waals surface area contributed by atoms with E-state index in [1.54, 1.807) is 13.8 Å². The van der Waals surface area contributed by atoms with E-state index in [1.165, 1.54) is 33.0 Å². The van der Waals surface area contributed by atoms with E-state index in [4.69, 9.17) is 9.07 Å². The summed E-state index contributed by atoms with van der Waals surface area (Å²) in [6.07, 6.45) is 0. The lowest BCUT2D eigenvalue weighted by Crippen LogP contribution is -2.49. The first-order valence-electron chi connectivity index (χ1n) is 11.1. The van der Waals surface area contributed by atoms with Gasteiger partial charge in [-0.05, 0) is 61.9 Å². The Labute approximate surface area is 187 Å². The molecule has 1 aliphatic rings. The number of hydrogen-bond donors (Lipinski definition) is 1. The van der Waals surface area contributed by atoms with Crippen molar-refractivity contribution in [2.75, 3.05) is 0 Å². The summed E-state index contributed by atoms with van der Waals surface area (Å²) in [5.74, 6) is 0. The van der Waals surface area contributed by atoms with E-state index in [9.17, 15) is 5.11 Å². The highest BCUT2D eigenvalue weighted by molar-refractivity contribution is 6.47. The third kappa shape index (κ3) is 2.70. The zero-order valence-corrected chi connectivity index (χ0v) is 18.8. The highest BCUT2D eigenvalue weighted by Gasteiger charge is 2.36. The van der Waals surface area contributed by atoms with Crippen LogP contribution in [0.2, 0.25) is 0 Å². The first-order valence-corrected chi connectivity index (χ1v) is 11.1. The van der Waals surface area contributed by atoms with Gasteiger partial charge >= 0.3 is 7.48 Å². The molecular formula is C28H25BO3. The van der Waals surface area contributed by atoms with Crippen molar-refractivity contribution in [2.24, 2.45) is 0 Å². The van der Waals surface area contributed by atoms with Crippen molar-refractivity contribution < 1.29 is 14.2 Å². The molecule has 0 atom stereocenters. The van der Waals surface area contributed by atoms with Crippen LogP contribution in [0.25, 0.3) is 55.0 Å². The minimum atomic E-state index is -0.932. The molecule has 3 nitrogen and oxygen atoms in total. The van der Waals surface area contributed by atoms with Crippen molar-refractivity contribution >= 4 is 45.7 Å².